The molecule has 26 heavy (non-hydrogen) atoms. The van der Waals surface area contributed by atoms with Crippen molar-refractivity contribution in [1.82, 2.24) is 19.5 Å². The SMILES string of the molecule is Cn1cnc2cnc(N3C[C@@H](c4ccccc4)O[C@@H](C(C)(C)C)C3)nc21. The first kappa shape index (κ1) is 17.0. The van der Waals surface area contributed by atoms with E-state index in [-0.39, 0.29) is 17.6 Å². The van der Waals surface area contributed by atoms with Crippen LogP contribution in [0.4, 0.5) is 5.95 Å². The van der Waals surface area contributed by atoms with Gasteiger partial charge >= 0.3 is 0 Å². The standard InChI is InChI=1S/C20H25N5O/c1-20(2,3)17-12-25(11-16(26-17)14-8-6-5-7-9-14)19-21-10-15-18(23-19)24(4)13-22-15/h5-10,13,16-17H,11-12H2,1-4H3/t16-,17+/m0/s1. The van der Waals surface area contributed by atoms with Crippen molar-refractivity contribution in [2.75, 3.05) is 18.0 Å². The number of ether oxygens (including phenoxy) is 1. The molecule has 0 spiro atoms. The summed E-state index contributed by atoms with van der Waals surface area (Å²) in [5.74, 6) is 0.736. The molecule has 6 heteroatoms. The van der Waals surface area contributed by atoms with E-state index in [4.69, 9.17) is 9.72 Å². The minimum absolute atomic E-state index is 0.00000850. The molecule has 1 saturated heterocycles. The predicted octanol–water partition coefficient (Wildman–Crippen LogP) is 3.36. The Morgan fingerprint density at radius 2 is 1.85 bits per heavy atom. The van der Waals surface area contributed by atoms with Crippen molar-refractivity contribution in [2.24, 2.45) is 12.5 Å². The van der Waals surface area contributed by atoms with E-state index in [0.717, 1.165) is 30.2 Å². The molecule has 0 bridgehead atoms. The fraction of sp³-hybridized carbons (Fsp3) is 0.450. The zero-order valence-corrected chi connectivity index (χ0v) is 15.8. The number of imidazole rings is 1. The van der Waals surface area contributed by atoms with E-state index < -0.39 is 0 Å². The van der Waals surface area contributed by atoms with E-state index in [0.29, 0.717) is 0 Å². The molecule has 6 nitrogen and oxygen atoms in total. The monoisotopic (exact) mass is 351 g/mol. The van der Waals surface area contributed by atoms with E-state index in [9.17, 15) is 0 Å². The Hall–Kier alpha value is -2.47. The Labute approximate surface area is 153 Å². The van der Waals surface area contributed by atoms with Gasteiger partial charge in [-0.1, -0.05) is 51.1 Å². The largest absolute Gasteiger partial charge is 0.366 e. The normalized spacial score (nSPS) is 21.3. The van der Waals surface area contributed by atoms with E-state index in [1.165, 1.54) is 5.56 Å². The van der Waals surface area contributed by atoms with Crippen LogP contribution in [-0.4, -0.2) is 38.7 Å². The Morgan fingerprint density at radius 3 is 2.58 bits per heavy atom. The van der Waals surface area contributed by atoms with Gasteiger partial charge in [0, 0.05) is 13.6 Å². The molecule has 0 unspecified atom stereocenters. The van der Waals surface area contributed by atoms with Gasteiger partial charge in [-0.25, -0.2) is 9.97 Å². The highest BCUT2D eigenvalue weighted by Gasteiger charge is 2.36. The van der Waals surface area contributed by atoms with Crippen LogP contribution in [0.25, 0.3) is 11.2 Å². The first-order valence-electron chi connectivity index (χ1n) is 9.01. The average molecular weight is 351 g/mol. The van der Waals surface area contributed by atoms with Crippen LogP contribution in [0.5, 0.6) is 0 Å². The van der Waals surface area contributed by atoms with Crippen molar-refractivity contribution in [3.63, 3.8) is 0 Å². The number of aromatic nitrogens is 4. The lowest BCUT2D eigenvalue weighted by Crippen LogP contribution is -2.49. The number of rotatable bonds is 2. The molecule has 0 saturated carbocycles. The van der Waals surface area contributed by atoms with Crippen molar-refractivity contribution >= 4 is 17.1 Å². The van der Waals surface area contributed by atoms with Gasteiger partial charge in [-0.05, 0) is 11.0 Å². The fourth-order valence-electron chi connectivity index (χ4n) is 3.32. The molecule has 0 radical (unpaired) electrons. The van der Waals surface area contributed by atoms with Crippen LogP contribution in [-0.2, 0) is 11.8 Å². The summed E-state index contributed by atoms with van der Waals surface area (Å²) in [4.78, 5) is 15.9. The topological polar surface area (TPSA) is 56.1 Å². The maximum atomic E-state index is 6.47. The number of anilines is 1. The van der Waals surface area contributed by atoms with Crippen LogP contribution in [0.2, 0.25) is 0 Å². The van der Waals surface area contributed by atoms with Crippen molar-refractivity contribution < 1.29 is 4.74 Å². The van der Waals surface area contributed by atoms with Gasteiger partial charge in [0.25, 0.3) is 0 Å². The average Bonchev–Trinajstić information content (AvgIpc) is 3.02. The van der Waals surface area contributed by atoms with Crippen molar-refractivity contribution in [3.8, 4) is 0 Å². The number of hydrogen-bond donors (Lipinski definition) is 0. The molecule has 2 atom stereocenters. The zero-order valence-electron chi connectivity index (χ0n) is 15.8. The predicted molar refractivity (Wildman–Crippen MR) is 102 cm³/mol. The molecule has 0 aliphatic carbocycles. The molecule has 3 aromatic rings. The Bertz CT molecular complexity index is 899. The van der Waals surface area contributed by atoms with Crippen molar-refractivity contribution in [1.29, 1.82) is 0 Å². The highest BCUT2D eigenvalue weighted by Crippen LogP contribution is 2.34. The maximum Gasteiger partial charge on any atom is 0.227 e. The molecular formula is C20H25N5O. The van der Waals surface area contributed by atoms with Gasteiger partial charge in [0.05, 0.1) is 25.2 Å². The van der Waals surface area contributed by atoms with Gasteiger partial charge in [-0.2, -0.15) is 4.98 Å². The molecule has 0 amide bonds. The van der Waals surface area contributed by atoms with E-state index in [1.807, 2.05) is 17.7 Å². The smallest absolute Gasteiger partial charge is 0.227 e. The second-order valence-corrected chi connectivity index (χ2v) is 8.03. The third-order valence-electron chi connectivity index (χ3n) is 4.96. The molecule has 1 aliphatic heterocycles. The first-order chi connectivity index (χ1) is 12.4. The van der Waals surface area contributed by atoms with Crippen LogP contribution in [0, 0.1) is 5.41 Å². The van der Waals surface area contributed by atoms with Crippen molar-refractivity contribution in [3.05, 3.63) is 48.4 Å². The molecule has 1 fully saturated rings. The lowest BCUT2D eigenvalue weighted by Gasteiger charge is -2.43. The highest BCUT2D eigenvalue weighted by atomic mass is 16.5. The van der Waals surface area contributed by atoms with Crippen LogP contribution in [0.15, 0.2) is 42.9 Å². The summed E-state index contributed by atoms with van der Waals surface area (Å²) in [6.45, 7) is 8.16. The van der Waals surface area contributed by atoms with Crippen LogP contribution in [0.3, 0.4) is 0 Å². The first-order valence-corrected chi connectivity index (χ1v) is 9.01. The Balaban J connectivity index is 1.69. The lowest BCUT2D eigenvalue weighted by molar-refractivity contribution is -0.0794. The molecular weight excluding hydrogens is 326 g/mol. The number of morpholine rings is 1. The summed E-state index contributed by atoms with van der Waals surface area (Å²) in [5.41, 5.74) is 2.89. The minimum Gasteiger partial charge on any atom is -0.366 e. The third-order valence-corrected chi connectivity index (χ3v) is 4.96. The van der Waals surface area contributed by atoms with Gasteiger partial charge in [0.1, 0.15) is 11.6 Å². The third kappa shape index (κ3) is 3.17. The zero-order chi connectivity index (χ0) is 18.3. The van der Waals surface area contributed by atoms with E-state index in [1.54, 1.807) is 12.5 Å². The quantitative estimate of drug-likeness (QED) is 0.709. The van der Waals surface area contributed by atoms with Gasteiger partial charge in [-0.3, -0.25) is 0 Å². The van der Waals surface area contributed by atoms with Crippen LogP contribution < -0.4 is 4.90 Å². The minimum atomic E-state index is 0.00000850. The maximum absolute atomic E-state index is 6.47. The molecule has 0 N–H and O–H groups in total. The number of aryl methyl sites for hydroxylation is 1. The second-order valence-electron chi connectivity index (χ2n) is 8.03. The summed E-state index contributed by atoms with van der Waals surface area (Å²) < 4.78 is 8.40. The summed E-state index contributed by atoms with van der Waals surface area (Å²) >= 11 is 0. The van der Waals surface area contributed by atoms with Gasteiger partial charge in [0.15, 0.2) is 5.65 Å². The molecule has 1 aliphatic rings. The second kappa shape index (κ2) is 6.36. The fourth-order valence-corrected chi connectivity index (χ4v) is 3.32. The van der Waals surface area contributed by atoms with Gasteiger partial charge in [0.2, 0.25) is 5.95 Å². The van der Waals surface area contributed by atoms with Gasteiger partial charge < -0.3 is 14.2 Å². The molecule has 3 heterocycles. The highest BCUT2D eigenvalue weighted by molar-refractivity contribution is 5.70. The summed E-state index contributed by atoms with van der Waals surface area (Å²) in [7, 11) is 1.95. The Morgan fingerprint density at radius 1 is 1.08 bits per heavy atom. The molecule has 1 aromatic carbocycles. The molecule has 4 rings (SSSR count). The number of hydrogen-bond acceptors (Lipinski definition) is 5. The lowest BCUT2D eigenvalue weighted by atomic mass is 9.87. The number of benzene rings is 1. The van der Waals surface area contributed by atoms with Crippen LogP contribution in [0.1, 0.15) is 32.4 Å². The summed E-state index contributed by atoms with van der Waals surface area (Å²) in [6, 6.07) is 10.4. The van der Waals surface area contributed by atoms with Gasteiger partial charge in [-0.15, -0.1) is 0 Å². The molecule has 136 valence electrons. The summed E-state index contributed by atoms with van der Waals surface area (Å²) in [6.07, 6.45) is 3.66. The number of fused-ring (bicyclic) bond motifs is 1. The Kier molecular flexibility index (Phi) is 4.15. The number of nitrogens with zero attached hydrogens (tertiary/aromatic N) is 5. The summed E-state index contributed by atoms with van der Waals surface area (Å²) in [5, 5.41) is 0. The van der Waals surface area contributed by atoms with E-state index >= 15 is 0 Å². The molecule has 2 aromatic heterocycles. The van der Waals surface area contributed by atoms with Crippen LogP contribution >= 0.6 is 0 Å². The van der Waals surface area contributed by atoms with Crippen molar-refractivity contribution in [2.45, 2.75) is 33.0 Å². The van der Waals surface area contributed by atoms with E-state index in [2.05, 4.69) is 59.9 Å².